The van der Waals surface area contributed by atoms with Crippen LogP contribution in [0, 0.1) is 0 Å². The molecule has 16 nitrogen and oxygen atoms in total. The van der Waals surface area contributed by atoms with Crippen LogP contribution in [0.15, 0.2) is 0 Å². The molecule has 0 unspecified atom stereocenters. The van der Waals surface area contributed by atoms with Gasteiger partial charge in [0.15, 0.2) is 36.6 Å². The highest BCUT2D eigenvalue weighted by Gasteiger charge is 2.52. The highest BCUT2D eigenvalue weighted by atomic mass is 33.1. The van der Waals surface area contributed by atoms with Gasteiger partial charge in [0.1, 0.15) is 24.7 Å². The zero-order valence-electron chi connectivity index (χ0n) is 23.9. The third-order valence-corrected chi connectivity index (χ3v) is 8.11. The number of carbonyl (C=O) groups excluding carboxylic acids is 6. The highest BCUT2D eigenvalue weighted by molar-refractivity contribution is 8.76. The molecule has 0 aromatic carbocycles. The van der Waals surface area contributed by atoms with Crippen molar-refractivity contribution in [1.82, 2.24) is 0 Å². The van der Waals surface area contributed by atoms with Crippen LogP contribution in [0.5, 0.6) is 0 Å². The summed E-state index contributed by atoms with van der Waals surface area (Å²) in [7, 11) is 2.43. The number of carbonyl (C=O) groups is 6. The van der Waals surface area contributed by atoms with Crippen molar-refractivity contribution in [2.45, 2.75) is 103 Å². The number of rotatable bonds is 11. The SMILES string of the molecule is CC(=O)O[C@@H]1[C@@H](OC(C)=O)[C@H](N)O[C@H](CSSC[C@H]2O[C@@H](N)[C@H](OC(C)=O)[C@@H](OC(C)=O)[C@@H]2OC(C)=O)[C@H]1OC(C)=O. The molecular formula is C24H36N2O14S2. The summed E-state index contributed by atoms with van der Waals surface area (Å²) in [6.45, 7) is 6.86. The molecule has 2 fully saturated rings. The molecule has 0 spiro atoms. The summed E-state index contributed by atoms with van der Waals surface area (Å²) in [6.07, 6.45) is -11.5. The molecule has 0 amide bonds. The smallest absolute Gasteiger partial charge is 0.303 e. The van der Waals surface area contributed by atoms with Gasteiger partial charge in [0.25, 0.3) is 0 Å². The van der Waals surface area contributed by atoms with Gasteiger partial charge in [-0.15, -0.1) is 0 Å². The van der Waals surface area contributed by atoms with Crippen molar-refractivity contribution >= 4 is 57.4 Å². The average Bonchev–Trinajstić information content (AvgIpc) is 2.84. The first-order valence-corrected chi connectivity index (χ1v) is 15.2. The Balaban J connectivity index is 2.18. The first kappa shape index (κ1) is 35.6. The van der Waals surface area contributed by atoms with E-state index in [0.29, 0.717) is 0 Å². The maximum Gasteiger partial charge on any atom is 0.303 e. The van der Waals surface area contributed by atoms with E-state index in [1.165, 1.54) is 21.6 Å². The number of nitrogens with two attached hydrogens (primary N) is 2. The van der Waals surface area contributed by atoms with Gasteiger partial charge >= 0.3 is 35.8 Å². The molecule has 0 bridgehead atoms. The first-order chi connectivity index (χ1) is 19.6. The molecule has 2 aliphatic rings. The van der Waals surface area contributed by atoms with Crippen LogP contribution in [-0.4, -0.2) is 109 Å². The fraction of sp³-hybridized carbons (Fsp3) is 0.750. The van der Waals surface area contributed by atoms with Gasteiger partial charge in [-0.05, 0) is 0 Å². The zero-order valence-corrected chi connectivity index (χ0v) is 25.5. The molecule has 18 heteroatoms. The number of hydrogen-bond acceptors (Lipinski definition) is 18. The maximum atomic E-state index is 11.9. The van der Waals surface area contributed by atoms with Crippen molar-refractivity contribution in [3.63, 3.8) is 0 Å². The lowest BCUT2D eigenvalue weighted by atomic mass is 9.98. The minimum Gasteiger partial charge on any atom is -0.456 e. The van der Waals surface area contributed by atoms with Crippen LogP contribution < -0.4 is 11.5 Å². The Hall–Kier alpha value is -2.64. The van der Waals surface area contributed by atoms with Gasteiger partial charge in [-0.2, -0.15) is 0 Å². The maximum absolute atomic E-state index is 11.9. The second kappa shape index (κ2) is 16.3. The molecule has 10 atom stereocenters. The lowest BCUT2D eigenvalue weighted by Crippen LogP contribution is -2.64. The van der Waals surface area contributed by atoms with E-state index in [0.717, 1.165) is 41.5 Å². The predicted octanol–water partition coefficient (Wildman–Crippen LogP) is -0.675. The minimum absolute atomic E-state index is 0.126. The van der Waals surface area contributed by atoms with Gasteiger partial charge in [-0.25, -0.2) is 0 Å². The Morgan fingerprint density at radius 3 is 0.976 bits per heavy atom. The summed E-state index contributed by atoms with van der Waals surface area (Å²) in [4.78, 5) is 70.7. The molecule has 0 aromatic heterocycles. The topological polar surface area (TPSA) is 228 Å². The van der Waals surface area contributed by atoms with Gasteiger partial charge in [0, 0.05) is 53.0 Å². The first-order valence-electron chi connectivity index (χ1n) is 12.7. The summed E-state index contributed by atoms with van der Waals surface area (Å²) >= 11 is 0. The van der Waals surface area contributed by atoms with Crippen LogP contribution in [0.4, 0.5) is 0 Å². The average molecular weight is 641 g/mol. The third kappa shape index (κ3) is 10.6. The summed E-state index contributed by atoms with van der Waals surface area (Å²) < 4.78 is 43.4. The largest absolute Gasteiger partial charge is 0.456 e. The lowest BCUT2D eigenvalue weighted by Gasteiger charge is -2.44. The van der Waals surface area contributed by atoms with E-state index < -0.39 is 97.1 Å². The Morgan fingerprint density at radius 2 is 0.714 bits per heavy atom. The van der Waals surface area contributed by atoms with E-state index in [2.05, 4.69) is 0 Å². The van der Waals surface area contributed by atoms with Gasteiger partial charge in [0.2, 0.25) is 0 Å². The molecular weight excluding hydrogens is 604 g/mol. The van der Waals surface area contributed by atoms with Crippen LogP contribution in [0.2, 0.25) is 0 Å². The van der Waals surface area contributed by atoms with Gasteiger partial charge in [-0.3, -0.25) is 28.8 Å². The summed E-state index contributed by atoms with van der Waals surface area (Å²) in [5.74, 6) is -4.01. The number of ether oxygens (including phenoxy) is 8. The molecule has 0 saturated carbocycles. The molecule has 2 rings (SSSR count). The Labute approximate surface area is 249 Å². The molecule has 2 aliphatic heterocycles. The number of esters is 6. The van der Waals surface area contributed by atoms with Crippen molar-refractivity contribution in [3.05, 3.63) is 0 Å². The highest BCUT2D eigenvalue weighted by Crippen LogP contribution is 2.35. The summed E-state index contributed by atoms with van der Waals surface area (Å²) in [5, 5.41) is 0. The second-order valence-corrected chi connectivity index (χ2v) is 11.8. The molecule has 2 heterocycles. The van der Waals surface area contributed by atoms with Crippen LogP contribution in [0.3, 0.4) is 0 Å². The summed E-state index contributed by atoms with van der Waals surface area (Å²) in [5.41, 5.74) is 12.1. The molecule has 0 radical (unpaired) electrons. The quantitative estimate of drug-likeness (QED) is 0.123. The Kier molecular flexibility index (Phi) is 13.8. The van der Waals surface area contributed by atoms with Crippen LogP contribution in [-0.2, 0) is 66.7 Å². The van der Waals surface area contributed by atoms with E-state index in [1.54, 1.807) is 0 Å². The van der Waals surface area contributed by atoms with Crippen LogP contribution in [0.1, 0.15) is 41.5 Å². The minimum atomic E-state index is -1.25. The van der Waals surface area contributed by atoms with E-state index in [4.69, 9.17) is 49.4 Å². The Morgan fingerprint density at radius 1 is 0.476 bits per heavy atom. The van der Waals surface area contributed by atoms with E-state index in [-0.39, 0.29) is 11.5 Å². The van der Waals surface area contributed by atoms with E-state index in [9.17, 15) is 28.8 Å². The third-order valence-electron chi connectivity index (χ3n) is 5.70. The molecule has 42 heavy (non-hydrogen) atoms. The zero-order chi connectivity index (χ0) is 31.7. The molecule has 238 valence electrons. The predicted molar refractivity (Wildman–Crippen MR) is 144 cm³/mol. The second-order valence-electron chi connectivity index (χ2n) is 9.29. The molecule has 0 aromatic rings. The molecule has 0 aliphatic carbocycles. The van der Waals surface area contributed by atoms with Gasteiger partial charge in [0.05, 0.1) is 0 Å². The molecule has 4 N–H and O–H groups in total. The number of hydrogen-bond donors (Lipinski definition) is 2. The fourth-order valence-corrected chi connectivity index (χ4v) is 6.73. The lowest BCUT2D eigenvalue weighted by molar-refractivity contribution is -0.241. The van der Waals surface area contributed by atoms with E-state index >= 15 is 0 Å². The molecule has 2 saturated heterocycles. The normalized spacial score (nSPS) is 32.6. The fourth-order valence-electron chi connectivity index (χ4n) is 4.36. The standard InChI is InChI=1S/C24H36N2O14S2/c1-9(27)33-17-15(39-23(25)21(37-13(5)31)19(17)35-11(3)29)7-41-42-8-16-18(34-10(2)28)20(36-12(4)30)22(24(26)40-16)38-14(6)32/h15-24H,7-8,25-26H2,1-6H3/t15-,16-,17-,18-,19+,20+,21-,22-,23-,24-/m1/s1. The van der Waals surface area contributed by atoms with Crippen molar-refractivity contribution in [2.24, 2.45) is 11.5 Å². The van der Waals surface area contributed by atoms with E-state index in [1.807, 2.05) is 0 Å². The van der Waals surface area contributed by atoms with Gasteiger partial charge < -0.3 is 49.4 Å². The van der Waals surface area contributed by atoms with Gasteiger partial charge in [-0.1, -0.05) is 21.6 Å². The van der Waals surface area contributed by atoms with Crippen molar-refractivity contribution in [2.75, 3.05) is 11.5 Å². The monoisotopic (exact) mass is 640 g/mol. The van der Waals surface area contributed by atoms with Crippen LogP contribution in [0.25, 0.3) is 0 Å². The summed E-state index contributed by atoms with van der Waals surface area (Å²) in [6, 6.07) is 0. The van der Waals surface area contributed by atoms with Crippen molar-refractivity contribution in [1.29, 1.82) is 0 Å². The van der Waals surface area contributed by atoms with Crippen molar-refractivity contribution in [3.8, 4) is 0 Å². The van der Waals surface area contributed by atoms with Crippen molar-refractivity contribution < 1.29 is 66.7 Å². The Bertz CT molecular complexity index is 938. The van der Waals surface area contributed by atoms with Crippen LogP contribution >= 0.6 is 21.6 Å².